The Morgan fingerprint density at radius 3 is 2.65 bits per heavy atom. The predicted molar refractivity (Wildman–Crippen MR) is 70.0 cm³/mol. The number of benzene rings is 1. The molecule has 0 saturated carbocycles. The van der Waals surface area contributed by atoms with Crippen LogP contribution in [0.2, 0.25) is 0 Å². The Morgan fingerprint density at radius 1 is 1.29 bits per heavy atom. The van der Waals surface area contributed by atoms with Crippen LogP contribution in [0, 0.1) is 17.8 Å². The van der Waals surface area contributed by atoms with Gasteiger partial charge in [0.15, 0.2) is 0 Å². The second-order valence-electron chi connectivity index (χ2n) is 4.19. The normalized spacial score (nSPS) is 13.4. The molecule has 2 nitrogen and oxygen atoms in total. The zero-order chi connectivity index (χ0) is 12.7. The Hall–Kier alpha value is -1.46. The van der Waals surface area contributed by atoms with E-state index in [1.807, 2.05) is 31.2 Å². The third-order valence-electron chi connectivity index (χ3n) is 2.54. The van der Waals surface area contributed by atoms with Crippen LogP contribution < -0.4 is 4.74 Å². The van der Waals surface area contributed by atoms with Crippen LogP contribution in [0.3, 0.4) is 0 Å². The number of ether oxygens (including phenoxy) is 1. The summed E-state index contributed by atoms with van der Waals surface area (Å²) >= 11 is 0. The van der Waals surface area contributed by atoms with Crippen LogP contribution in [0.25, 0.3) is 0 Å². The molecule has 0 bridgehead atoms. The molecule has 0 aromatic heterocycles. The minimum Gasteiger partial charge on any atom is -0.487 e. The summed E-state index contributed by atoms with van der Waals surface area (Å²) in [4.78, 5) is 0. The lowest BCUT2D eigenvalue weighted by atomic mass is 10.1. The van der Waals surface area contributed by atoms with Crippen LogP contribution in [-0.2, 0) is 0 Å². The highest BCUT2D eigenvalue weighted by molar-refractivity contribution is 5.46. The first-order valence-electron chi connectivity index (χ1n) is 6.05. The first kappa shape index (κ1) is 13.6. The first-order chi connectivity index (χ1) is 8.17. The highest BCUT2D eigenvalue weighted by atomic mass is 16.5. The zero-order valence-electron chi connectivity index (χ0n) is 10.7. The smallest absolute Gasteiger partial charge is 0.135 e. The van der Waals surface area contributed by atoms with Crippen molar-refractivity contribution in [3.63, 3.8) is 0 Å². The van der Waals surface area contributed by atoms with Gasteiger partial charge < -0.3 is 9.84 Å². The van der Waals surface area contributed by atoms with Gasteiger partial charge in [0, 0.05) is 5.92 Å². The van der Waals surface area contributed by atoms with E-state index in [0.717, 1.165) is 17.7 Å². The van der Waals surface area contributed by atoms with Crippen LogP contribution in [0.1, 0.15) is 32.8 Å². The number of aliphatic hydroxyl groups is 1. The van der Waals surface area contributed by atoms with Crippen molar-refractivity contribution in [3.05, 3.63) is 29.8 Å². The Kier molecular flexibility index (Phi) is 5.59. The SMILES string of the molecule is CCC(C)C#Cc1ccccc1OC(C)CO. The Labute approximate surface area is 104 Å². The summed E-state index contributed by atoms with van der Waals surface area (Å²) in [5, 5.41) is 8.98. The lowest BCUT2D eigenvalue weighted by molar-refractivity contribution is 0.129. The molecular weight excluding hydrogens is 212 g/mol. The summed E-state index contributed by atoms with van der Waals surface area (Å²) < 4.78 is 5.61. The molecule has 2 unspecified atom stereocenters. The molecule has 0 amide bonds. The molecule has 2 heteroatoms. The van der Waals surface area contributed by atoms with E-state index in [4.69, 9.17) is 9.84 Å². The van der Waals surface area contributed by atoms with Gasteiger partial charge in [-0.1, -0.05) is 37.8 Å². The van der Waals surface area contributed by atoms with Gasteiger partial charge in [-0.25, -0.2) is 0 Å². The summed E-state index contributed by atoms with van der Waals surface area (Å²) in [6.45, 7) is 6.06. The Morgan fingerprint density at radius 2 is 2.00 bits per heavy atom. The van der Waals surface area contributed by atoms with Crippen molar-refractivity contribution in [2.45, 2.75) is 33.3 Å². The molecule has 92 valence electrons. The molecule has 1 rings (SSSR count). The van der Waals surface area contributed by atoms with E-state index in [2.05, 4.69) is 25.7 Å². The molecule has 1 aromatic carbocycles. The third kappa shape index (κ3) is 4.50. The molecule has 0 aliphatic rings. The average Bonchev–Trinajstić information content (AvgIpc) is 2.37. The third-order valence-corrected chi connectivity index (χ3v) is 2.54. The number of hydrogen-bond acceptors (Lipinski definition) is 2. The summed E-state index contributed by atoms with van der Waals surface area (Å²) in [5.41, 5.74) is 0.883. The van der Waals surface area contributed by atoms with Crippen molar-refractivity contribution >= 4 is 0 Å². The van der Waals surface area contributed by atoms with Crippen LogP contribution in [0.5, 0.6) is 5.75 Å². The van der Waals surface area contributed by atoms with Gasteiger partial charge in [0.2, 0.25) is 0 Å². The van der Waals surface area contributed by atoms with E-state index in [-0.39, 0.29) is 12.7 Å². The van der Waals surface area contributed by atoms with Crippen molar-refractivity contribution in [2.75, 3.05) is 6.61 Å². The fourth-order valence-corrected chi connectivity index (χ4v) is 1.23. The maximum Gasteiger partial charge on any atom is 0.135 e. The van der Waals surface area contributed by atoms with Gasteiger partial charge in [-0.3, -0.25) is 0 Å². The highest BCUT2D eigenvalue weighted by Crippen LogP contribution is 2.18. The van der Waals surface area contributed by atoms with Gasteiger partial charge in [-0.2, -0.15) is 0 Å². The van der Waals surface area contributed by atoms with E-state index in [0.29, 0.717) is 5.92 Å². The van der Waals surface area contributed by atoms with E-state index in [9.17, 15) is 0 Å². The summed E-state index contributed by atoms with van der Waals surface area (Å²) in [7, 11) is 0. The molecule has 1 aromatic rings. The largest absolute Gasteiger partial charge is 0.487 e. The first-order valence-corrected chi connectivity index (χ1v) is 6.05. The highest BCUT2D eigenvalue weighted by Gasteiger charge is 2.05. The van der Waals surface area contributed by atoms with E-state index < -0.39 is 0 Å². The molecule has 2 atom stereocenters. The van der Waals surface area contributed by atoms with Crippen molar-refractivity contribution in [2.24, 2.45) is 5.92 Å². The Balaban J connectivity index is 2.86. The van der Waals surface area contributed by atoms with Crippen LogP contribution >= 0.6 is 0 Å². The maximum absolute atomic E-state index is 8.98. The monoisotopic (exact) mass is 232 g/mol. The lowest BCUT2D eigenvalue weighted by Gasteiger charge is -2.13. The molecular formula is C15H20O2. The van der Waals surface area contributed by atoms with Gasteiger partial charge in [-0.15, -0.1) is 0 Å². The second kappa shape index (κ2) is 6.98. The minimum absolute atomic E-state index is 0.00707. The maximum atomic E-state index is 8.98. The molecule has 0 spiro atoms. The van der Waals surface area contributed by atoms with E-state index in [1.165, 1.54) is 0 Å². The number of rotatable bonds is 4. The molecule has 0 heterocycles. The summed E-state index contributed by atoms with van der Waals surface area (Å²) in [6, 6.07) is 7.67. The number of aliphatic hydroxyl groups excluding tert-OH is 1. The molecule has 0 saturated heterocycles. The topological polar surface area (TPSA) is 29.5 Å². The van der Waals surface area contributed by atoms with Crippen molar-refractivity contribution in [1.29, 1.82) is 0 Å². The quantitative estimate of drug-likeness (QED) is 0.809. The Bertz CT molecular complexity index is 401. The van der Waals surface area contributed by atoms with Crippen molar-refractivity contribution in [3.8, 4) is 17.6 Å². The lowest BCUT2D eigenvalue weighted by Crippen LogP contribution is -2.16. The van der Waals surface area contributed by atoms with Crippen molar-refractivity contribution < 1.29 is 9.84 Å². The molecule has 17 heavy (non-hydrogen) atoms. The van der Waals surface area contributed by atoms with Gasteiger partial charge in [0.25, 0.3) is 0 Å². The number of hydrogen-bond donors (Lipinski definition) is 1. The van der Waals surface area contributed by atoms with E-state index >= 15 is 0 Å². The fourth-order valence-electron chi connectivity index (χ4n) is 1.23. The molecule has 0 fully saturated rings. The second-order valence-corrected chi connectivity index (χ2v) is 4.19. The van der Waals surface area contributed by atoms with Crippen LogP contribution in [-0.4, -0.2) is 17.8 Å². The molecule has 0 aliphatic heterocycles. The summed E-state index contributed by atoms with van der Waals surface area (Å²) in [5.74, 6) is 7.45. The molecule has 0 aliphatic carbocycles. The standard InChI is InChI=1S/C15H20O2/c1-4-12(2)9-10-14-7-5-6-8-15(14)17-13(3)11-16/h5-8,12-13,16H,4,11H2,1-3H3. The van der Waals surface area contributed by atoms with Gasteiger partial charge in [0.05, 0.1) is 12.2 Å². The van der Waals surface area contributed by atoms with E-state index in [1.54, 1.807) is 0 Å². The predicted octanol–water partition coefficient (Wildman–Crippen LogP) is 2.84. The minimum atomic E-state index is -0.207. The fraction of sp³-hybridized carbons (Fsp3) is 0.467. The molecule has 1 N–H and O–H groups in total. The van der Waals surface area contributed by atoms with Gasteiger partial charge in [0.1, 0.15) is 11.9 Å². The zero-order valence-corrected chi connectivity index (χ0v) is 10.7. The average molecular weight is 232 g/mol. The summed E-state index contributed by atoms with van der Waals surface area (Å²) in [6.07, 6.45) is 0.838. The van der Waals surface area contributed by atoms with Crippen molar-refractivity contribution in [1.82, 2.24) is 0 Å². The van der Waals surface area contributed by atoms with Gasteiger partial charge in [-0.05, 0) is 25.5 Å². The van der Waals surface area contributed by atoms with Crippen LogP contribution in [0.4, 0.5) is 0 Å². The molecule has 0 radical (unpaired) electrons. The van der Waals surface area contributed by atoms with Crippen LogP contribution in [0.15, 0.2) is 24.3 Å². The number of para-hydroxylation sites is 1. The van der Waals surface area contributed by atoms with Gasteiger partial charge >= 0.3 is 0 Å².